The molecular formula is C40H45ClFN9O4. The van der Waals surface area contributed by atoms with Crippen molar-refractivity contribution in [3.63, 3.8) is 0 Å². The maximum absolute atomic E-state index is 15.7. The number of imide groups is 1. The van der Waals surface area contributed by atoms with Crippen LogP contribution in [-0.2, 0) is 11.2 Å². The topological polar surface area (TPSA) is 146 Å². The van der Waals surface area contributed by atoms with Gasteiger partial charge in [0.25, 0.3) is 5.56 Å². The molecule has 4 aromatic rings. The number of Topliss-reactive ketones (excluding diaryl/α,β-unsaturated/α-hetero) is 1. The highest BCUT2D eigenvalue weighted by molar-refractivity contribution is 6.34. The van der Waals surface area contributed by atoms with Gasteiger partial charge in [-0.2, -0.15) is 4.98 Å². The number of aryl methyl sites for hydroxylation is 2. The first kappa shape index (κ1) is 37.0. The Labute approximate surface area is 323 Å². The summed E-state index contributed by atoms with van der Waals surface area (Å²) in [7, 11) is 0. The van der Waals surface area contributed by atoms with E-state index in [0.717, 1.165) is 62.9 Å². The van der Waals surface area contributed by atoms with E-state index in [9.17, 15) is 19.2 Å². The van der Waals surface area contributed by atoms with Crippen LogP contribution in [0, 0.1) is 6.92 Å². The minimum atomic E-state index is -1.25. The van der Waals surface area contributed by atoms with Crippen molar-refractivity contribution in [1.29, 1.82) is 0 Å². The van der Waals surface area contributed by atoms with E-state index < -0.39 is 11.7 Å². The Kier molecular flexibility index (Phi) is 10.1. The van der Waals surface area contributed by atoms with Gasteiger partial charge in [0.2, 0.25) is 11.9 Å². The molecule has 3 saturated heterocycles. The van der Waals surface area contributed by atoms with Gasteiger partial charge in [-0.15, -0.1) is 0 Å². The van der Waals surface area contributed by atoms with Gasteiger partial charge in [-0.1, -0.05) is 30.5 Å². The molecule has 0 bridgehead atoms. The molecule has 55 heavy (non-hydrogen) atoms. The second-order valence-corrected chi connectivity index (χ2v) is 15.8. The lowest BCUT2D eigenvalue weighted by atomic mass is 9.86. The molecule has 6 heterocycles. The highest BCUT2D eigenvalue weighted by Gasteiger charge is 2.46. The van der Waals surface area contributed by atoms with Crippen molar-refractivity contribution in [3.8, 4) is 0 Å². The highest BCUT2D eigenvalue weighted by atomic mass is 35.5. The van der Waals surface area contributed by atoms with E-state index in [2.05, 4.69) is 30.4 Å². The Morgan fingerprint density at radius 1 is 1.00 bits per heavy atom. The predicted octanol–water partition coefficient (Wildman–Crippen LogP) is 6.28. The van der Waals surface area contributed by atoms with E-state index in [-0.39, 0.29) is 41.8 Å². The molecular weight excluding hydrogens is 725 g/mol. The van der Waals surface area contributed by atoms with Crippen LogP contribution in [0.15, 0.2) is 47.5 Å². The number of amides is 3. The van der Waals surface area contributed by atoms with Gasteiger partial charge in [-0.3, -0.25) is 34.1 Å². The summed E-state index contributed by atoms with van der Waals surface area (Å²) in [6, 6.07) is 9.18. The van der Waals surface area contributed by atoms with Gasteiger partial charge in [0.15, 0.2) is 5.78 Å². The smallest absolute Gasteiger partial charge is 0.328 e. The Bertz CT molecular complexity index is 2210. The van der Waals surface area contributed by atoms with Crippen molar-refractivity contribution < 1.29 is 18.8 Å². The summed E-state index contributed by atoms with van der Waals surface area (Å²) >= 11 is 6.50. The second kappa shape index (κ2) is 14.9. The number of carbonyl (C=O) groups excluding carboxylic acids is 3. The zero-order valence-corrected chi connectivity index (χ0v) is 31.9. The molecule has 288 valence electrons. The average Bonchev–Trinajstić information content (AvgIpc) is 3.68. The lowest BCUT2D eigenvalue weighted by Crippen LogP contribution is -2.63. The number of urea groups is 1. The fourth-order valence-electron chi connectivity index (χ4n) is 8.74. The summed E-state index contributed by atoms with van der Waals surface area (Å²) in [4.78, 5) is 69.7. The third kappa shape index (κ3) is 7.41. The standard InChI is InChI=1S/C40H45ClFN9O4/c1-24-30-21-44-38(47-36(30)51(28-5-3-4-6-28)37(54)35(24)25(2)52)45-33-10-8-29(20-43-33)48-16-12-27(13-17-48)49-22-40(42,23-49)15-11-26-7-9-32(31(41)19-26)50-18-14-34(53)46-39(50)55/h7-10,19-21,27-28H,3-6,11-18,22-23H2,1-2H3,(H,46,53,55)(H,43,44,45,47). The molecule has 0 unspecified atom stereocenters. The number of anilines is 4. The Morgan fingerprint density at radius 2 is 1.76 bits per heavy atom. The fourth-order valence-corrected chi connectivity index (χ4v) is 9.05. The number of fused-ring (bicyclic) bond motifs is 1. The molecule has 3 aliphatic heterocycles. The van der Waals surface area contributed by atoms with Crippen molar-refractivity contribution in [2.75, 3.05) is 47.8 Å². The van der Waals surface area contributed by atoms with Crippen LogP contribution in [0.3, 0.4) is 0 Å². The monoisotopic (exact) mass is 769 g/mol. The van der Waals surface area contributed by atoms with Crippen LogP contribution in [0.5, 0.6) is 0 Å². The van der Waals surface area contributed by atoms with Gasteiger partial charge in [-0.05, 0) is 87.8 Å². The molecule has 0 radical (unpaired) electrons. The number of piperidine rings is 1. The molecule has 3 amide bonds. The lowest BCUT2D eigenvalue weighted by molar-refractivity contribution is -0.120. The third-order valence-electron chi connectivity index (χ3n) is 11.8. The summed E-state index contributed by atoms with van der Waals surface area (Å²) in [5.74, 6) is 0.360. The van der Waals surface area contributed by atoms with Crippen LogP contribution < -0.4 is 26.0 Å². The van der Waals surface area contributed by atoms with Gasteiger partial charge < -0.3 is 10.2 Å². The quantitative estimate of drug-likeness (QED) is 0.177. The predicted molar refractivity (Wildman–Crippen MR) is 209 cm³/mol. The number of benzene rings is 1. The van der Waals surface area contributed by atoms with Crippen LogP contribution in [0.2, 0.25) is 5.02 Å². The Balaban J connectivity index is 0.838. The normalized spacial score (nSPS) is 19.5. The third-order valence-corrected chi connectivity index (χ3v) is 12.1. The number of alkyl halides is 1. The number of aromatic nitrogens is 4. The van der Waals surface area contributed by atoms with Gasteiger partial charge in [0, 0.05) is 62.8 Å². The molecule has 1 aromatic carbocycles. The van der Waals surface area contributed by atoms with Crippen LogP contribution in [0.25, 0.3) is 11.0 Å². The number of carbonyl (C=O) groups is 3. The first-order valence-corrected chi connectivity index (χ1v) is 19.6. The minimum Gasteiger partial charge on any atom is -0.370 e. The van der Waals surface area contributed by atoms with Crippen molar-refractivity contribution in [2.45, 2.75) is 89.4 Å². The molecule has 2 N–H and O–H groups in total. The number of hydrogen-bond acceptors (Lipinski definition) is 10. The molecule has 15 heteroatoms. The van der Waals surface area contributed by atoms with Gasteiger partial charge in [-0.25, -0.2) is 19.2 Å². The molecule has 0 spiro atoms. The molecule has 3 aromatic heterocycles. The molecule has 1 saturated carbocycles. The van der Waals surface area contributed by atoms with Crippen molar-refractivity contribution in [2.24, 2.45) is 0 Å². The van der Waals surface area contributed by atoms with E-state index in [0.29, 0.717) is 71.0 Å². The van der Waals surface area contributed by atoms with Crippen LogP contribution in [-0.4, -0.2) is 86.6 Å². The fraction of sp³-hybridized carbons (Fsp3) is 0.475. The minimum absolute atomic E-state index is 0.00222. The molecule has 13 nitrogen and oxygen atoms in total. The van der Waals surface area contributed by atoms with E-state index in [4.69, 9.17) is 16.6 Å². The van der Waals surface area contributed by atoms with Crippen molar-refractivity contribution in [3.05, 3.63) is 74.8 Å². The molecule has 4 fully saturated rings. The average molecular weight is 770 g/mol. The van der Waals surface area contributed by atoms with Crippen LogP contribution >= 0.6 is 11.6 Å². The van der Waals surface area contributed by atoms with Gasteiger partial charge >= 0.3 is 6.03 Å². The summed E-state index contributed by atoms with van der Waals surface area (Å²) in [6.07, 6.45) is 10.4. The maximum atomic E-state index is 15.7. The van der Waals surface area contributed by atoms with E-state index in [1.165, 1.54) is 11.8 Å². The summed E-state index contributed by atoms with van der Waals surface area (Å²) in [5.41, 5.74) is 2.28. The second-order valence-electron chi connectivity index (χ2n) is 15.4. The largest absolute Gasteiger partial charge is 0.370 e. The summed E-state index contributed by atoms with van der Waals surface area (Å²) in [6.45, 7) is 6.00. The maximum Gasteiger partial charge on any atom is 0.328 e. The Morgan fingerprint density at radius 3 is 2.44 bits per heavy atom. The number of halogens is 2. The van der Waals surface area contributed by atoms with Crippen LogP contribution in [0.4, 0.5) is 32.3 Å². The zero-order valence-electron chi connectivity index (χ0n) is 31.1. The summed E-state index contributed by atoms with van der Waals surface area (Å²) in [5, 5.41) is 6.61. The number of rotatable bonds is 10. The molecule has 4 aliphatic rings. The first-order chi connectivity index (χ1) is 26.5. The van der Waals surface area contributed by atoms with E-state index in [1.54, 1.807) is 29.8 Å². The number of nitrogens with zero attached hydrogens (tertiary/aromatic N) is 7. The molecule has 8 rings (SSSR count). The van der Waals surface area contributed by atoms with Gasteiger partial charge in [0.1, 0.15) is 17.1 Å². The molecule has 1 aliphatic carbocycles. The number of ketones is 1. The van der Waals surface area contributed by atoms with E-state index >= 15 is 4.39 Å². The number of nitrogens with one attached hydrogen (secondary N) is 2. The zero-order chi connectivity index (χ0) is 38.4. The van der Waals surface area contributed by atoms with Crippen molar-refractivity contribution in [1.82, 2.24) is 29.7 Å². The lowest BCUT2D eigenvalue weighted by Gasteiger charge is -2.50. The highest BCUT2D eigenvalue weighted by Crippen LogP contribution is 2.37. The van der Waals surface area contributed by atoms with Crippen LogP contribution in [0.1, 0.15) is 85.8 Å². The first-order valence-electron chi connectivity index (χ1n) is 19.2. The van der Waals surface area contributed by atoms with E-state index in [1.807, 2.05) is 24.4 Å². The number of likely N-dealkylation sites (tertiary alicyclic amines) is 1. The number of hydrogen-bond donors (Lipinski definition) is 2. The van der Waals surface area contributed by atoms with Crippen molar-refractivity contribution >= 4 is 63.5 Å². The molecule has 0 atom stereocenters. The van der Waals surface area contributed by atoms with Gasteiger partial charge in [0.05, 0.1) is 28.2 Å². The summed E-state index contributed by atoms with van der Waals surface area (Å²) < 4.78 is 17.4. The number of pyridine rings is 2. The SMILES string of the molecule is CC(=O)c1c(C)c2cnc(Nc3ccc(N4CCC(N5CC(F)(CCc6ccc(N7CCC(=O)NC7=O)c(Cl)c6)C5)CC4)cn3)nc2n(C2CCCC2)c1=O. The Hall–Kier alpha value is -4.95.